The van der Waals surface area contributed by atoms with E-state index in [0.29, 0.717) is 11.6 Å². The number of nitrogens with one attached hydrogen (secondary N) is 2. The minimum Gasteiger partial charge on any atom is -0.368 e. The topological polar surface area (TPSA) is 75.9 Å². The molecule has 4 N–H and O–H groups in total. The van der Waals surface area contributed by atoms with Crippen molar-refractivity contribution in [2.24, 2.45) is 5.84 Å². The molecule has 0 bridgehead atoms. The maximum absolute atomic E-state index is 5.85. The largest absolute Gasteiger partial charge is 0.368 e. The van der Waals surface area contributed by atoms with Gasteiger partial charge in [-0.3, -0.25) is 4.98 Å². The molecule has 0 saturated carbocycles. The first-order valence-corrected chi connectivity index (χ1v) is 6.24. The smallest absolute Gasteiger partial charge is 0.160 e. The minimum atomic E-state index is 0.536. The fraction of sp³-hybridized carbons (Fsp3) is 0.200. The van der Waals surface area contributed by atoms with Crippen molar-refractivity contribution in [3.8, 4) is 0 Å². The zero-order valence-corrected chi connectivity index (χ0v) is 10.6. The summed E-state index contributed by atoms with van der Waals surface area (Å²) in [6, 6.07) is 3.93. The SMILES string of the molecule is NNc1cncc(NCCc2ccc(Cl)s2)n1. The molecule has 5 nitrogen and oxygen atoms in total. The predicted octanol–water partition coefficient (Wildman–Crippen LogP) is 2.13. The van der Waals surface area contributed by atoms with Crippen LogP contribution >= 0.6 is 22.9 Å². The Kier molecular flexibility index (Phi) is 4.13. The van der Waals surface area contributed by atoms with Gasteiger partial charge in [0.2, 0.25) is 0 Å². The molecule has 0 saturated heterocycles. The van der Waals surface area contributed by atoms with E-state index in [1.165, 1.54) is 4.88 Å². The average molecular weight is 270 g/mol. The lowest BCUT2D eigenvalue weighted by molar-refractivity contribution is 1.02. The summed E-state index contributed by atoms with van der Waals surface area (Å²) in [6.07, 6.45) is 4.12. The lowest BCUT2D eigenvalue weighted by Gasteiger charge is -2.05. The van der Waals surface area contributed by atoms with Crippen molar-refractivity contribution in [3.05, 3.63) is 33.7 Å². The van der Waals surface area contributed by atoms with Crippen molar-refractivity contribution >= 4 is 34.6 Å². The Morgan fingerprint density at radius 1 is 1.29 bits per heavy atom. The van der Waals surface area contributed by atoms with E-state index in [1.54, 1.807) is 23.7 Å². The van der Waals surface area contributed by atoms with Gasteiger partial charge in [0.15, 0.2) is 5.82 Å². The normalized spacial score (nSPS) is 10.2. The van der Waals surface area contributed by atoms with Gasteiger partial charge in [-0.25, -0.2) is 10.8 Å². The van der Waals surface area contributed by atoms with Crippen LogP contribution in [0.15, 0.2) is 24.5 Å². The summed E-state index contributed by atoms with van der Waals surface area (Å²) < 4.78 is 0.814. The molecule has 2 rings (SSSR count). The van der Waals surface area contributed by atoms with Gasteiger partial charge in [0.25, 0.3) is 0 Å². The predicted molar refractivity (Wildman–Crippen MR) is 71.4 cm³/mol. The molecule has 0 aliphatic rings. The van der Waals surface area contributed by atoms with Crippen LogP contribution in [-0.2, 0) is 6.42 Å². The highest BCUT2D eigenvalue weighted by Crippen LogP contribution is 2.21. The number of nitrogens with two attached hydrogens (primary N) is 1. The van der Waals surface area contributed by atoms with Crippen molar-refractivity contribution in [1.29, 1.82) is 0 Å². The van der Waals surface area contributed by atoms with E-state index in [2.05, 4.69) is 20.7 Å². The summed E-state index contributed by atoms with van der Waals surface area (Å²) in [4.78, 5) is 9.43. The van der Waals surface area contributed by atoms with E-state index >= 15 is 0 Å². The molecule has 0 aliphatic carbocycles. The minimum absolute atomic E-state index is 0.536. The van der Waals surface area contributed by atoms with Crippen LogP contribution in [0.1, 0.15) is 4.88 Å². The Morgan fingerprint density at radius 3 is 2.82 bits per heavy atom. The molecule has 0 aromatic carbocycles. The molecule has 0 aliphatic heterocycles. The number of thiophene rings is 1. The van der Waals surface area contributed by atoms with Gasteiger partial charge >= 0.3 is 0 Å². The Bertz CT molecular complexity index is 487. The van der Waals surface area contributed by atoms with Crippen molar-refractivity contribution in [2.45, 2.75) is 6.42 Å². The van der Waals surface area contributed by atoms with Gasteiger partial charge in [0.1, 0.15) is 5.82 Å². The van der Waals surface area contributed by atoms with Crippen LogP contribution in [0.2, 0.25) is 4.34 Å². The first kappa shape index (κ1) is 12.1. The van der Waals surface area contributed by atoms with Crippen LogP contribution in [-0.4, -0.2) is 16.5 Å². The summed E-state index contributed by atoms with van der Waals surface area (Å²) in [5.41, 5.74) is 2.45. The Balaban J connectivity index is 1.85. The Morgan fingerprint density at radius 2 is 2.12 bits per heavy atom. The standard InChI is InChI=1S/C10H12ClN5S/c11-8-2-1-7(17-8)3-4-14-9-5-13-6-10(15-9)16-12/h1-2,5-6H,3-4,12H2,(H2,14,15,16). The molecule has 0 atom stereocenters. The molecule has 2 heterocycles. The van der Waals surface area contributed by atoms with Crippen LogP contribution < -0.4 is 16.6 Å². The zero-order valence-electron chi connectivity index (χ0n) is 8.98. The highest BCUT2D eigenvalue weighted by Gasteiger charge is 1.99. The van der Waals surface area contributed by atoms with Crippen molar-refractivity contribution < 1.29 is 0 Å². The Labute approximate surface area is 108 Å². The number of anilines is 2. The van der Waals surface area contributed by atoms with E-state index in [0.717, 1.165) is 17.3 Å². The maximum Gasteiger partial charge on any atom is 0.160 e. The van der Waals surface area contributed by atoms with Crippen LogP contribution in [0.4, 0.5) is 11.6 Å². The summed E-state index contributed by atoms with van der Waals surface area (Å²) >= 11 is 7.44. The molecule has 2 aromatic rings. The van der Waals surface area contributed by atoms with E-state index in [1.807, 2.05) is 12.1 Å². The van der Waals surface area contributed by atoms with Crippen LogP contribution in [0.25, 0.3) is 0 Å². The van der Waals surface area contributed by atoms with E-state index in [4.69, 9.17) is 17.4 Å². The molecule has 7 heteroatoms. The summed E-state index contributed by atoms with van der Waals surface area (Å²) in [7, 11) is 0. The van der Waals surface area contributed by atoms with E-state index in [9.17, 15) is 0 Å². The third-order valence-electron chi connectivity index (χ3n) is 2.09. The van der Waals surface area contributed by atoms with Gasteiger partial charge in [0.05, 0.1) is 16.7 Å². The monoisotopic (exact) mass is 269 g/mol. The number of halogens is 1. The second-order valence-corrected chi connectivity index (χ2v) is 5.12. The summed E-state index contributed by atoms with van der Waals surface area (Å²) in [5, 5.41) is 3.17. The molecular weight excluding hydrogens is 258 g/mol. The number of nitrogens with zero attached hydrogens (tertiary/aromatic N) is 2. The molecule has 0 fully saturated rings. The number of hydrogen-bond donors (Lipinski definition) is 3. The lowest BCUT2D eigenvalue weighted by Crippen LogP contribution is -2.11. The molecule has 0 amide bonds. The van der Waals surface area contributed by atoms with Gasteiger partial charge in [0, 0.05) is 11.4 Å². The lowest BCUT2D eigenvalue weighted by atomic mass is 10.3. The van der Waals surface area contributed by atoms with Crippen molar-refractivity contribution in [3.63, 3.8) is 0 Å². The molecule has 0 spiro atoms. The number of aromatic nitrogens is 2. The second kappa shape index (κ2) is 5.81. The van der Waals surface area contributed by atoms with E-state index in [-0.39, 0.29) is 0 Å². The summed E-state index contributed by atoms with van der Waals surface area (Å²) in [5.74, 6) is 6.48. The molecule has 0 unspecified atom stereocenters. The highest BCUT2D eigenvalue weighted by molar-refractivity contribution is 7.16. The van der Waals surface area contributed by atoms with Gasteiger partial charge < -0.3 is 10.7 Å². The van der Waals surface area contributed by atoms with Crippen molar-refractivity contribution in [1.82, 2.24) is 9.97 Å². The average Bonchev–Trinajstić information content (AvgIpc) is 2.75. The Hall–Kier alpha value is -1.37. The molecule has 90 valence electrons. The molecule has 17 heavy (non-hydrogen) atoms. The van der Waals surface area contributed by atoms with Crippen LogP contribution in [0.3, 0.4) is 0 Å². The fourth-order valence-corrected chi connectivity index (χ4v) is 2.41. The number of rotatable bonds is 5. The number of hydrogen-bond acceptors (Lipinski definition) is 6. The number of nitrogen functional groups attached to an aromatic ring is 1. The first-order chi connectivity index (χ1) is 8.28. The molecule has 2 aromatic heterocycles. The highest BCUT2D eigenvalue weighted by atomic mass is 35.5. The second-order valence-electron chi connectivity index (χ2n) is 3.32. The quantitative estimate of drug-likeness (QED) is 0.573. The third-order valence-corrected chi connectivity index (χ3v) is 3.38. The van der Waals surface area contributed by atoms with Gasteiger partial charge in [-0.15, -0.1) is 11.3 Å². The van der Waals surface area contributed by atoms with Gasteiger partial charge in [-0.1, -0.05) is 11.6 Å². The zero-order chi connectivity index (χ0) is 12.1. The first-order valence-electron chi connectivity index (χ1n) is 5.04. The van der Waals surface area contributed by atoms with Gasteiger partial charge in [-0.2, -0.15) is 0 Å². The number of hydrazine groups is 1. The van der Waals surface area contributed by atoms with Crippen LogP contribution in [0, 0.1) is 0 Å². The third kappa shape index (κ3) is 3.55. The van der Waals surface area contributed by atoms with Gasteiger partial charge in [-0.05, 0) is 18.6 Å². The van der Waals surface area contributed by atoms with E-state index < -0.39 is 0 Å². The maximum atomic E-state index is 5.85. The fourth-order valence-electron chi connectivity index (χ4n) is 1.32. The van der Waals surface area contributed by atoms with Crippen molar-refractivity contribution in [2.75, 3.05) is 17.3 Å². The molecular formula is C10H12ClN5S. The molecule has 0 radical (unpaired) electrons. The summed E-state index contributed by atoms with van der Waals surface area (Å²) in [6.45, 7) is 0.777. The van der Waals surface area contributed by atoms with Crippen LogP contribution in [0.5, 0.6) is 0 Å².